The zero-order valence-electron chi connectivity index (χ0n) is 22.9. The van der Waals surface area contributed by atoms with Crippen LogP contribution >= 0.6 is 0 Å². The minimum absolute atomic E-state index is 0.119. The molecule has 0 bridgehead atoms. The van der Waals surface area contributed by atoms with Gasteiger partial charge in [-0.05, 0) is 53.4 Å². The summed E-state index contributed by atoms with van der Waals surface area (Å²) in [5.41, 5.74) is 11.3. The number of ether oxygens (including phenoxy) is 1. The molecule has 9 heteroatoms. The SMILES string of the molecule is CC(C)c1cc(-c2cccc(OCc3ccccc3)c2)c2c(N)nc(Nc3ccc(C(=O)N(C)C)cc3F)nn12. The van der Waals surface area contributed by atoms with Gasteiger partial charge in [-0.15, -0.1) is 5.10 Å². The number of rotatable bonds is 8. The molecule has 0 unspecified atom stereocenters. The Morgan fingerprint density at radius 2 is 1.82 bits per heavy atom. The molecule has 0 aliphatic heterocycles. The molecule has 204 valence electrons. The fraction of sp³-hybridized carbons (Fsp3) is 0.194. The van der Waals surface area contributed by atoms with Crippen LogP contribution in [0.25, 0.3) is 16.6 Å². The van der Waals surface area contributed by atoms with Gasteiger partial charge in [-0.25, -0.2) is 8.91 Å². The third-order valence-corrected chi connectivity index (χ3v) is 6.52. The van der Waals surface area contributed by atoms with E-state index in [9.17, 15) is 9.18 Å². The molecule has 0 spiro atoms. The van der Waals surface area contributed by atoms with E-state index in [1.165, 1.54) is 17.0 Å². The fourth-order valence-electron chi connectivity index (χ4n) is 4.47. The van der Waals surface area contributed by atoms with E-state index < -0.39 is 5.82 Å². The third-order valence-electron chi connectivity index (χ3n) is 6.52. The first kappa shape index (κ1) is 26.7. The molecule has 3 aromatic carbocycles. The van der Waals surface area contributed by atoms with Crippen molar-refractivity contribution in [1.29, 1.82) is 0 Å². The number of hydrogen-bond acceptors (Lipinski definition) is 6. The van der Waals surface area contributed by atoms with Crippen LogP contribution in [0.5, 0.6) is 5.75 Å². The summed E-state index contributed by atoms with van der Waals surface area (Å²) in [5, 5.41) is 7.58. The maximum Gasteiger partial charge on any atom is 0.253 e. The zero-order chi connectivity index (χ0) is 28.4. The lowest BCUT2D eigenvalue weighted by atomic mass is 10.0. The Labute approximate surface area is 232 Å². The predicted molar refractivity (Wildman–Crippen MR) is 155 cm³/mol. The largest absolute Gasteiger partial charge is 0.489 e. The minimum Gasteiger partial charge on any atom is -0.489 e. The van der Waals surface area contributed by atoms with Gasteiger partial charge >= 0.3 is 0 Å². The summed E-state index contributed by atoms with van der Waals surface area (Å²) in [4.78, 5) is 18.0. The average Bonchev–Trinajstić information content (AvgIpc) is 3.34. The second-order valence-electron chi connectivity index (χ2n) is 10.0. The second kappa shape index (κ2) is 11.1. The van der Waals surface area contributed by atoms with Crippen molar-refractivity contribution in [2.24, 2.45) is 0 Å². The molecule has 2 aromatic heterocycles. The molecule has 0 saturated heterocycles. The first-order valence-corrected chi connectivity index (χ1v) is 13.0. The Bertz CT molecular complexity index is 1680. The van der Waals surface area contributed by atoms with Gasteiger partial charge in [0, 0.05) is 30.9 Å². The molecule has 5 aromatic rings. The lowest BCUT2D eigenvalue weighted by Gasteiger charge is -2.13. The van der Waals surface area contributed by atoms with E-state index >= 15 is 0 Å². The van der Waals surface area contributed by atoms with Gasteiger partial charge < -0.3 is 20.7 Å². The second-order valence-corrected chi connectivity index (χ2v) is 10.0. The van der Waals surface area contributed by atoms with Crippen LogP contribution in [0.1, 0.15) is 41.4 Å². The number of carbonyl (C=O) groups excluding carboxylic acids is 1. The Balaban J connectivity index is 1.48. The number of hydrogen-bond donors (Lipinski definition) is 2. The molecular formula is C31H31FN6O2. The molecule has 0 saturated carbocycles. The monoisotopic (exact) mass is 538 g/mol. The number of nitrogen functional groups attached to an aromatic ring is 1. The van der Waals surface area contributed by atoms with Crippen LogP contribution in [0.4, 0.5) is 21.8 Å². The molecule has 0 aliphatic carbocycles. The molecule has 5 rings (SSSR count). The summed E-state index contributed by atoms with van der Waals surface area (Å²) < 4.78 is 22.7. The fourth-order valence-corrected chi connectivity index (χ4v) is 4.47. The molecule has 0 radical (unpaired) electrons. The van der Waals surface area contributed by atoms with Crippen LogP contribution in [0.3, 0.4) is 0 Å². The normalized spacial score (nSPS) is 11.2. The number of nitrogens with one attached hydrogen (secondary N) is 1. The van der Waals surface area contributed by atoms with Crippen molar-refractivity contribution in [3.8, 4) is 16.9 Å². The van der Waals surface area contributed by atoms with Crippen LogP contribution in [-0.2, 0) is 6.61 Å². The first-order chi connectivity index (χ1) is 19.2. The van der Waals surface area contributed by atoms with E-state index in [4.69, 9.17) is 10.5 Å². The Morgan fingerprint density at radius 1 is 1.05 bits per heavy atom. The highest BCUT2D eigenvalue weighted by molar-refractivity contribution is 5.94. The van der Waals surface area contributed by atoms with Gasteiger partial charge in [-0.2, -0.15) is 4.98 Å². The number of fused-ring (bicyclic) bond motifs is 1. The van der Waals surface area contributed by atoms with E-state index in [1.807, 2.05) is 60.7 Å². The summed E-state index contributed by atoms with van der Waals surface area (Å²) in [6.45, 7) is 4.59. The van der Waals surface area contributed by atoms with Gasteiger partial charge in [0.25, 0.3) is 5.91 Å². The van der Waals surface area contributed by atoms with E-state index in [-0.39, 0.29) is 34.8 Å². The van der Waals surface area contributed by atoms with Crippen molar-refractivity contribution in [3.63, 3.8) is 0 Å². The van der Waals surface area contributed by atoms with Crippen LogP contribution in [0.2, 0.25) is 0 Å². The van der Waals surface area contributed by atoms with Crippen molar-refractivity contribution < 1.29 is 13.9 Å². The van der Waals surface area contributed by atoms with E-state index in [2.05, 4.69) is 29.2 Å². The highest BCUT2D eigenvalue weighted by Gasteiger charge is 2.20. The quantitative estimate of drug-likeness (QED) is 0.242. The number of halogens is 1. The van der Waals surface area contributed by atoms with Crippen molar-refractivity contribution in [1.82, 2.24) is 19.5 Å². The highest BCUT2D eigenvalue weighted by Crippen LogP contribution is 2.35. The summed E-state index contributed by atoms with van der Waals surface area (Å²) in [6, 6.07) is 24.1. The molecule has 8 nitrogen and oxygen atoms in total. The summed E-state index contributed by atoms with van der Waals surface area (Å²) in [7, 11) is 3.23. The lowest BCUT2D eigenvalue weighted by Crippen LogP contribution is -2.21. The van der Waals surface area contributed by atoms with Crippen molar-refractivity contribution >= 4 is 28.9 Å². The lowest BCUT2D eigenvalue weighted by molar-refractivity contribution is 0.0827. The van der Waals surface area contributed by atoms with Crippen LogP contribution in [0, 0.1) is 5.82 Å². The number of anilines is 3. The third kappa shape index (κ3) is 5.44. The smallest absolute Gasteiger partial charge is 0.253 e. The molecule has 2 heterocycles. The number of aromatic nitrogens is 3. The van der Waals surface area contributed by atoms with E-state index in [0.717, 1.165) is 28.1 Å². The van der Waals surface area contributed by atoms with E-state index in [0.29, 0.717) is 12.1 Å². The standard InChI is InChI=1S/C31H31FN6O2/c1-19(2)27-17-24(21-11-8-12-23(15-21)40-18-20-9-6-5-7-10-20)28-29(33)35-31(36-38(27)28)34-26-14-13-22(16-25(26)32)30(39)37(3)4/h5-17,19H,18H2,1-4H3,(H3,33,34,35,36). The van der Waals surface area contributed by atoms with Crippen molar-refractivity contribution in [2.75, 3.05) is 25.1 Å². The number of nitrogens with zero attached hydrogens (tertiary/aromatic N) is 4. The molecule has 0 fully saturated rings. The van der Waals surface area contributed by atoms with Crippen LogP contribution in [0.15, 0.2) is 78.9 Å². The van der Waals surface area contributed by atoms with Gasteiger partial charge in [0.1, 0.15) is 23.7 Å². The molecule has 0 atom stereocenters. The predicted octanol–water partition coefficient (Wildman–Crippen LogP) is 6.27. The Hall–Kier alpha value is -4.92. The molecule has 0 aliphatic rings. The Kier molecular flexibility index (Phi) is 7.37. The van der Waals surface area contributed by atoms with Crippen molar-refractivity contribution in [2.45, 2.75) is 26.4 Å². The van der Waals surface area contributed by atoms with E-state index in [1.54, 1.807) is 24.7 Å². The number of nitrogens with two attached hydrogens (primary N) is 1. The maximum atomic E-state index is 14.9. The van der Waals surface area contributed by atoms with Gasteiger partial charge in [0.2, 0.25) is 5.95 Å². The molecule has 40 heavy (non-hydrogen) atoms. The van der Waals surface area contributed by atoms with Gasteiger partial charge in [0.15, 0.2) is 5.82 Å². The number of carbonyl (C=O) groups is 1. The topological polar surface area (TPSA) is 97.8 Å². The van der Waals surface area contributed by atoms with Crippen molar-refractivity contribution in [3.05, 3.63) is 102 Å². The minimum atomic E-state index is -0.598. The highest BCUT2D eigenvalue weighted by atomic mass is 19.1. The zero-order valence-corrected chi connectivity index (χ0v) is 22.9. The van der Waals surface area contributed by atoms with Gasteiger partial charge in [-0.1, -0.05) is 56.3 Å². The average molecular weight is 539 g/mol. The van der Waals surface area contributed by atoms with Crippen LogP contribution < -0.4 is 15.8 Å². The molecule has 3 N–H and O–H groups in total. The maximum absolute atomic E-state index is 14.9. The molecular weight excluding hydrogens is 507 g/mol. The Morgan fingerprint density at radius 3 is 2.52 bits per heavy atom. The first-order valence-electron chi connectivity index (χ1n) is 13.0. The summed E-state index contributed by atoms with van der Waals surface area (Å²) in [5.74, 6) is 0.350. The van der Waals surface area contributed by atoms with Crippen LogP contribution in [-0.4, -0.2) is 39.5 Å². The summed E-state index contributed by atoms with van der Waals surface area (Å²) >= 11 is 0. The van der Waals surface area contributed by atoms with Gasteiger partial charge in [-0.3, -0.25) is 4.79 Å². The number of benzene rings is 3. The number of amides is 1. The van der Waals surface area contributed by atoms with Gasteiger partial charge in [0.05, 0.1) is 5.69 Å². The molecule has 1 amide bonds. The summed E-state index contributed by atoms with van der Waals surface area (Å²) in [6.07, 6.45) is 0.